The topological polar surface area (TPSA) is 338 Å². The minimum absolute atomic E-state index is 0. The molecule has 0 spiro atoms. The van der Waals surface area contributed by atoms with Crippen molar-refractivity contribution in [3.63, 3.8) is 0 Å². The van der Waals surface area contributed by atoms with Crippen LogP contribution in [0.2, 0.25) is 0 Å². The van der Waals surface area contributed by atoms with Crippen molar-refractivity contribution in [1.29, 1.82) is 0 Å². The van der Waals surface area contributed by atoms with Crippen molar-refractivity contribution < 1.29 is 124 Å². The van der Waals surface area contributed by atoms with Gasteiger partial charge in [0.15, 0.2) is 12.6 Å². The maximum atomic E-state index is 12.4. The van der Waals surface area contributed by atoms with E-state index < -0.39 is 136 Å². The summed E-state index contributed by atoms with van der Waals surface area (Å²) in [5.41, 5.74) is 0. The van der Waals surface area contributed by atoms with E-state index in [-0.39, 0.29) is 29.6 Å². The van der Waals surface area contributed by atoms with Gasteiger partial charge in [0.1, 0.15) is 73.1 Å². The van der Waals surface area contributed by atoms with E-state index in [1.807, 2.05) is 0 Å². The van der Waals surface area contributed by atoms with Crippen molar-refractivity contribution in [1.82, 2.24) is 5.32 Å². The Morgan fingerprint density at radius 3 is 2.07 bits per heavy atom. The Morgan fingerprint density at radius 1 is 0.932 bits per heavy atom. The van der Waals surface area contributed by atoms with E-state index in [1.54, 1.807) is 0 Å². The van der Waals surface area contributed by atoms with Gasteiger partial charge in [-0.05, 0) is 0 Å². The first-order valence-electron chi connectivity index (χ1n) is 13.2. The molecule has 0 radical (unpaired) electrons. The molecule has 3 aliphatic rings. The van der Waals surface area contributed by atoms with Crippen LogP contribution in [0, 0.1) is 0 Å². The molecule has 0 bridgehead atoms. The van der Waals surface area contributed by atoms with Crippen LogP contribution in [-0.2, 0) is 33.3 Å². The summed E-state index contributed by atoms with van der Waals surface area (Å²) in [4.78, 5) is 24.1. The second-order valence-corrected chi connectivity index (χ2v) is 10.5. The number of amides is 1. The number of hydrogen-bond acceptors (Lipinski definition) is 19. The van der Waals surface area contributed by atoms with Crippen LogP contribution in [0.15, 0.2) is 0 Å². The predicted molar refractivity (Wildman–Crippen MR) is 127 cm³/mol. The van der Waals surface area contributed by atoms with E-state index >= 15 is 0 Å². The molecule has 0 aromatic carbocycles. The number of aliphatic hydroxyl groups is 11. The van der Waals surface area contributed by atoms with Crippen molar-refractivity contribution in [2.45, 2.75) is 111 Å². The minimum atomic E-state index is -3.13. The van der Waals surface area contributed by atoms with E-state index in [2.05, 4.69) is 5.32 Å². The molecule has 0 saturated carbocycles. The second-order valence-electron chi connectivity index (χ2n) is 10.5. The van der Waals surface area contributed by atoms with Crippen LogP contribution in [0.4, 0.5) is 0 Å². The zero-order chi connectivity index (χ0) is 32.4. The molecular formula is C23H38NNaO19. The third-order valence-electron chi connectivity index (χ3n) is 7.45. The Bertz CT molecular complexity index is 949. The van der Waals surface area contributed by atoms with Crippen molar-refractivity contribution in [2.24, 2.45) is 0 Å². The zero-order valence-corrected chi connectivity index (χ0v) is 25.7. The Balaban J connectivity index is 0.00000675. The fraction of sp³-hybridized carbons (Fsp3) is 0.913. The van der Waals surface area contributed by atoms with Gasteiger partial charge in [0.2, 0.25) is 11.7 Å². The summed E-state index contributed by atoms with van der Waals surface area (Å²) in [5.74, 6) is -6.12. The number of carbonyl (C=O) groups excluding carboxylic acids is 2. The monoisotopic (exact) mass is 655 g/mol. The SMILES string of the molecule is CC(=O)N[C@H]1C([C@H](O)[C@H](O)CO)O[C@@](O[C@@H]2C(O)[C@H](O[C@@H]3C(CO)O[C@@H](O)C(O)[C@H]3O)OC(CO)[C@@H]2O)(C(=O)[O-])C[C@H]1O.[Na+]. The van der Waals surface area contributed by atoms with Gasteiger partial charge in [-0.2, -0.15) is 0 Å². The molecule has 3 aliphatic heterocycles. The second kappa shape index (κ2) is 16.4. The molecule has 16 atom stereocenters. The minimum Gasteiger partial charge on any atom is -0.544 e. The largest absolute Gasteiger partial charge is 1.00 e. The Kier molecular flexibility index (Phi) is 14.7. The van der Waals surface area contributed by atoms with Gasteiger partial charge in [-0.3, -0.25) is 4.79 Å². The van der Waals surface area contributed by atoms with E-state index in [0.717, 1.165) is 6.92 Å². The number of rotatable bonds is 11. The van der Waals surface area contributed by atoms with Crippen LogP contribution in [0.3, 0.4) is 0 Å². The van der Waals surface area contributed by atoms with Gasteiger partial charge in [0.25, 0.3) is 0 Å². The van der Waals surface area contributed by atoms with Crippen LogP contribution in [0.5, 0.6) is 0 Å². The Morgan fingerprint density at radius 2 is 1.55 bits per heavy atom. The molecule has 0 aliphatic carbocycles. The summed E-state index contributed by atoms with van der Waals surface area (Å²) < 4.78 is 26.7. The number of hydrogen-bond donors (Lipinski definition) is 12. The fourth-order valence-electron chi connectivity index (χ4n) is 5.15. The molecule has 44 heavy (non-hydrogen) atoms. The summed E-state index contributed by atoms with van der Waals surface area (Å²) in [6.45, 7) is -1.90. The number of carboxylic acids is 1. The fourth-order valence-corrected chi connectivity index (χ4v) is 5.15. The summed E-state index contributed by atoms with van der Waals surface area (Å²) in [6.07, 6.45) is -28.2. The number of carbonyl (C=O) groups is 2. The molecule has 20 nitrogen and oxygen atoms in total. The average Bonchev–Trinajstić information content (AvgIpc) is 2.96. The van der Waals surface area contributed by atoms with E-state index in [1.165, 1.54) is 0 Å². The molecule has 3 heterocycles. The molecule has 5 unspecified atom stereocenters. The van der Waals surface area contributed by atoms with Gasteiger partial charge in [-0.15, -0.1) is 0 Å². The van der Waals surface area contributed by atoms with E-state index in [9.17, 15) is 70.9 Å². The van der Waals surface area contributed by atoms with Crippen LogP contribution in [0.25, 0.3) is 0 Å². The van der Waals surface area contributed by atoms with Crippen molar-refractivity contribution in [3.8, 4) is 0 Å². The van der Waals surface area contributed by atoms with Gasteiger partial charge in [0.05, 0.1) is 32.0 Å². The first-order valence-corrected chi connectivity index (χ1v) is 13.2. The van der Waals surface area contributed by atoms with Gasteiger partial charge >= 0.3 is 29.6 Å². The van der Waals surface area contributed by atoms with Crippen LogP contribution >= 0.6 is 0 Å². The summed E-state index contributed by atoms with van der Waals surface area (Å²) >= 11 is 0. The molecule has 21 heteroatoms. The van der Waals surface area contributed by atoms with Crippen molar-refractivity contribution in [3.05, 3.63) is 0 Å². The summed E-state index contributed by atoms with van der Waals surface area (Å²) in [7, 11) is 0. The van der Waals surface area contributed by atoms with Gasteiger partial charge in [-0.1, -0.05) is 0 Å². The Hall–Kier alpha value is -0.700. The smallest absolute Gasteiger partial charge is 0.544 e. The third kappa shape index (κ3) is 8.23. The van der Waals surface area contributed by atoms with Gasteiger partial charge < -0.3 is 95.1 Å². The van der Waals surface area contributed by atoms with Crippen LogP contribution < -0.4 is 40.0 Å². The molecule has 0 aromatic heterocycles. The van der Waals surface area contributed by atoms with Crippen LogP contribution in [0.1, 0.15) is 13.3 Å². The standard InChI is InChI=1S/C23H39NO19.Na/c1-6(28)24-11-7(29)2-23(22(37)38,42-18(11)12(31)8(30)3-25)43-19-13(32)9(4-26)40-21(16(19)35)41-17-10(5-27)39-20(36)15(34)14(17)33;/h7-21,25-27,29-36H,2-5H2,1H3,(H,24,28)(H,37,38);/q;+1/p-1/t7-,8-,9?,10?,11-,12-,13+,14-,15?,16?,17-,18?,19+,20-,21+,23+;/m1./s1. The molecule has 3 saturated heterocycles. The molecule has 12 N–H and O–H groups in total. The van der Waals surface area contributed by atoms with Gasteiger partial charge in [-0.25, -0.2) is 0 Å². The molecular weight excluding hydrogens is 617 g/mol. The molecule has 1 amide bonds. The van der Waals surface area contributed by atoms with Crippen LogP contribution in [-0.4, -0.2) is 186 Å². The first-order chi connectivity index (χ1) is 20.1. The number of nitrogens with one attached hydrogen (secondary N) is 1. The number of carboxylic acid groups (broad SMARTS) is 1. The molecule has 250 valence electrons. The average molecular weight is 656 g/mol. The summed E-state index contributed by atoms with van der Waals surface area (Å²) in [6, 6.07) is -1.57. The first kappa shape index (κ1) is 39.5. The van der Waals surface area contributed by atoms with Crippen molar-refractivity contribution >= 4 is 11.9 Å². The van der Waals surface area contributed by atoms with Crippen molar-refractivity contribution in [2.75, 3.05) is 19.8 Å². The van der Waals surface area contributed by atoms with E-state index in [4.69, 9.17) is 23.7 Å². The molecule has 0 aromatic rings. The Labute approximate surface area is 271 Å². The number of ether oxygens (including phenoxy) is 5. The zero-order valence-electron chi connectivity index (χ0n) is 23.7. The van der Waals surface area contributed by atoms with E-state index in [0.29, 0.717) is 0 Å². The maximum Gasteiger partial charge on any atom is 1.00 e. The molecule has 3 fully saturated rings. The quantitative estimate of drug-likeness (QED) is 0.0919. The third-order valence-corrected chi connectivity index (χ3v) is 7.45. The normalized spacial score (nSPS) is 44.2. The number of aliphatic carboxylic acids is 1. The predicted octanol–water partition coefficient (Wildman–Crippen LogP) is -12.6. The maximum absolute atomic E-state index is 12.4. The van der Waals surface area contributed by atoms with Gasteiger partial charge in [0, 0.05) is 13.3 Å². The summed E-state index contributed by atoms with van der Waals surface area (Å²) in [5, 5.41) is 127. The number of aliphatic hydroxyl groups excluding tert-OH is 11. The molecule has 3 rings (SSSR count).